The summed E-state index contributed by atoms with van der Waals surface area (Å²) in [5.74, 6) is 0. The molecule has 1 aromatic rings. The summed E-state index contributed by atoms with van der Waals surface area (Å²) in [5.41, 5.74) is 7.34. The SMILES string of the molecule is NC(C1=COCCC1)c1sccc1Br. The third-order valence-electron chi connectivity index (χ3n) is 2.29. The van der Waals surface area contributed by atoms with Crippen LogP contribution in [-0.4, -0.2) is 6.61 Å². The maximum Gasteiger partial charge on any atom is 0.0876 e. The molecule has 1 aliphatic heterocycles. The molecule has 1 unspecified atom stereocenters. The molecule has 1 aromatic heterocycles. The maximum absolute atomic E-state index is 6.15. The molecular formula is C10H12BrNOS. The zero-order chi connectivity index (χ0) is 9.97. The number of halogens is 1. The van der Waals surface area contributed by atoms with Gasteiger partial charge in [0, 0.05) is 9.35 Å². The number of thiophene rings is 1. The molecule has 76 valence electrons. The van der Waals surface area contributed by atoms with Crippen molar-refractivity contribution in [3.8, 4) is 0 Å². The van der Waals surface area contributed by atoms with Gasteiger partial charge in [0.1, 0.15) is 0 Å². The third-order valence-corrected chi connectivity index (χ3v) is 4.24. The Morgan fingerprint density at radius 1 is 1.57 bits per heavy atom. The number of hydrogen-bond donors (Lipinski definition) is 1. The van der Waals surface area contributed by atoms with Gasteiger partial charge in [0.2, 0.25) is 0 Å². The van der Waals surface area contributed by atoms with Crippen LogP contribution >= 0.6 is 27.3 Å². The van der Waals surface area contributed by atoms with Crippen molar-refractivity contribution in [1.82, 2.24) is 0 Å². The van der Waals surface area contributed by atoms with Gasteiger partial charge in [0.05, 0.1) is 18.9 Å². The van der Waals surface area contributed by atoms with Crippen molar-refractivity contribution < 1.29 is 4.74 Å². The summed E-state index contributed by atoms with van der Waals surface area (Å²) >= 11 is 5.18. The lowest BCUT2D eigenvalue weighted by Crippen LogP contribution is -2.15. The first-order valence-corrected chi connectivity index (χ1v) is 6.25. The molecule has 0 amide bonds. The predicted octanol–water partition coefficient (Wildman–Crippen LogP) is 3.20. The molecule has 14 heavy (non-hydrogen) atoms. The molecule has 4 heteroatoms. The number of rotatable bonds is 2. The Hall–Kier alpha value is -0.320. The fraction of sp³-hybridized carbons (Fsp3) is 0.400. The predicted molar refractivity (Wildman–Crippen MR) is 62.2 cm³/mol. The molecular weight excluding hydrogens is 262 g/mol. The summed E-state index contributed by atoms with van der Waals surface area (Å²) in [5, 5.41) is 2.05. The van der Waals surface area contributed by atoms with Crippen molar-refractivity contribution in [3.63, 3.8) is 0 Å². The zero-order valence-corrected chi connectivity index (χ0v) is 10.1. The summed E-state index contributed by atoms with van der Waals surface area (Å²) in [6.45, 7) is 0.821. The number of ether oxygens (including phenoxy) is 1. The molecule has 0 radical (unpaired) electrons. The Kier molecular flexibility index (Phi) is 3.26. The van der Waals surface area contributed by atoms with E-state index in [0.29, 0.717) is 0 Å². The Morgan fingerprint density at radius 2 is 2.43 bits per heavy atom. The summed E-state index contributed by atoms with van der Waals surface area (Å²) < 4.78 is 6.39. The van der Waals surface area contributed by atoms with Crippen LogP contribution in [0, 0.1) is 0 Å². The van der Waals surface area contributed by atoms with E-state index >= 15 is 0 Å². The molecule has 0 fully saturated rings. The minimum atomic E-state index is -0.00956. The van der Waals surface area contributed by atoms with Crippen molar-refractivity contribution >= 4 is 27.3 Å². The summed E-state index contributed by atoms with van der Waals surface area (Å²) in [4.78, 5) is 1.18. The topological polar surface area (TPSA) is 35.2 Å². The van der Waals surface area contributed by atoms with Gasteiger partial charge in [-0.15, -0.1) is 11.3 Å². The molecule has 1 aliphatic rings. The van der Waals surface area contributed by atoms with E-state index < -0.39 is 0 Å². The Balaban J connectivity index is 2.19. The van der Waals surface area contributed by atoms with E-state index in [2.05, 4.69) is 15.9 Å². The average molecular weight is 274 g/mol. The van der Waals surface area contributed by atoms with Gasteiger partial charge in [0.15, 0.2) is 0 Å². The van der Waals surface area contributed by atoms with E-state index in [4.69, 9.17) is 10.5 Å². The van der Waals surface area contributed by atoms with E-state index in [1.54, 1.807) is 11.3 Å². The first-order valence-electron chi connectivity index (χ1n) is 4.58. The number of nitrogens with two attached hydrogens (primary N) is 1. The van der Waals surface area contributed by atoms with Gasteiger partial charge < -0.3 is 10.5 Å². The fourth-order valence-electron chi connectivity index (χ4n) is 1.51. The second-order valence-corrected chi connectivity index (χ2v) is 5.08. The largest absolute Gasteiger partial charge is 0.501 e. The van der Waals surface area contributed by atoms with Gasteiger partial charge in [-0.1, -0.05) is 0 Å². The van der Waals surface area contributed by atoms with Gasteiger partial charge in [-0.25, -0.2) is 0 Å². The van der Waals surface area contributed by atoms with Crippen LogP contribution in [-0.2, 0) is 4.74 Å². The van der Waals surface area contributed by atoms with E-state index in [9.17, 15) is 0 Å². The van der Waals surface area contributed by atoms with Crippen LogP contribution in [0.1, 0.15) is 23.8 Å². The minimum absolute atomic E-state index is 0.00956. The van der Waals surface area contributed by atoms with E-state index in [0.717, 1.165) is 23.9 Å². The van der Waals surface area contributed by atoms with E-state index in [1.165, 1.54) is 10.5 Å². The van der Waals surface area contributed by atoms with E-state index in [1.807, 2.05) is 17.7 Å². The Labute approximate surface area is 95.9 Å². The van der Waals surface area contributed by atoms with Crippen LogP contribution < -0.4 is 5.73 Å². The molecule has 0 saturated heterocycles. The van der Waals surface area contributed by atoms with Crippen molar-refractivity contribution in [2.75, 3.05) is 6.61 Å². The van der Waals surface area contributed by atoms with Crippen LogP contribution in [0.5, 0.6) is 0 Å². The van der Waals surface area contributed by atoms with Gasteiger partial charge in [-0.05, 0) is 45.8 Å². The van der Waals surface area contributed by atoms with Crippen LogP contribution in [0.25, 0.3) is 0 Å². The molecule has 2 heterocycles. The molecule has 2 N–H and O–H groups in total. The van der Waals surface area contributed by atoms with Crippen LogP contribution in [0.15, 0.2) is 27.8 Å². The van der Waals surface area contributed by atoms with Crippen LogP contribution in [0.2, 0.25) is 0 Å². The molecule has 0 aromatic carbocycles. The highest BCUT2D eigenvalue weighted by Crippen LogP contribution is 2.33. The fourth-order valence-corrected chi connectivity index (χ4v) is 3.17. The van der Waals surface area contributed by atoms with Crippen LogP contribution in [0.3, 0.4) is 0 Å². The van der Waals surface area contributed by atoms with Gasteiger partial charge >= 0.3 is 0 Å². The first kappa shape index (κ1) is 10.2. The first-order chi connectivity index (χ1) is 6.79. The summed E-state index contributed by atoms with van der Waals surface area (Å²) in [6, 6.07) is 2.02. The monoisotopic (exact) mass is 273 g/mol. The van der Waals surface area contributed by atoms with Gasteiger partial charge in [0.25, 0.3) is 0 Å². The standard InChI is InChI=1S/C10H12BrNOS/c11-8-3-5-14-10(8)9(12)7-2-1-4-13-6-7/h3,5-6,9H,1-2,4,12H2. The second-order valence-electron chi connectivity index (χ2n) is 3.28. The normalized spacial score (nSPS) is 18.6. The summed E-state index contributed by atoms with van der Waals surface area (Å²) in [6.07, 6.45) is 3.94. The lowest BCUT2D eigenvalue weighted by molar-refractivity contribution is 0.221. The molecule has 2 rings (SSSR count). The van der Waals surface area contributed by atoms with Crippen LogP contribution in [0.4, 0.5) is 0 Å². The highest BCUT2D eigenvalue weighted by atomic mass is 79.9. The Bertz CT molecular complexity index is 348. The Morgan fingerprint density at radius 3 is 3.00 bits per heavy atom. The second kappa shape index (κ2) is 4.47. The highest BCUT2D eigenvalue weighted by Gasteiger charge is 2.18. The zero-order valence-electron chi connectivity index (χ0n) is 7.70. The van der Waals surface area contributed by atoms with Crippen molar-refractivity contribution in [3.05, 3.63) is 32.6 Å². The number of hydrogen-bond acceptors (Lipinski definition) is 3. The molecule has 0 saturated carbocycles. The minimum Gasteiger partial charge on any atom is -0.501 e. The van der Waals surface area contributed by atoms with Crippen molar-refractivity contribution in [2.45, 2.75) is 18.9 Å². The highest BCUT2D eigenvalue weighted by molar-refractivity contribution is 9.10. The molecule has 0 spiro atoms. The average Bonchev–Trinajstić information content (AvgIpc) is 2.65. The molecule has 0 bridgehead atoms. The molecule has 2 nitrogen and oxygen atoms in total. The third kappa shape index (κ3) is 2.02. The van der Waals surface area contributed by atoms with Crippen molar-refractivity contribution in [2.24, 2.45) is 5.73 Å². The lowest BCUT2D eigenvalue weighted by atomic mass is 10.0. The molecule has 1 atom stereocenters. The van der Waals surface area contributed by atoms with Gasteiger partial charge in [-0.3, -0.25) is 0 Å². The van der Waals surface area contributed by atoms with Gasteiger partial charge in [-0.2, -0.15) is 0 Å². The molecule has 0 aliphatic carbocycles. The lowest BCUT2D eigenvalue weighted by Gasteiger charge is -2.19. The van der Waals surface area contributed by atoms with E-state index in [-0.39, 0.29) is 6.04 Å². The van der Waals surface area contributed by atoms with Crippen molar-refractivity contribution in [1.29, 1.82) is 0 Å². The summed E-state index contributed by atoms with van der Waals surface area (Å²) in [7, 11) is 0. The quantitative estimate of drug-likeness (QED) is 0.898. The smallest absolute Gasteiger partial charge is 0.0876 e. The maximum atomic E-state index is 6.15.